The van der Waals surface area contributed by atoms with E-state index in [0.29, 0.717) is 17.2 Å². The number of ether oxygens (including phenoxy) is 2. The Balaban J connectivity index is 1.40. The number of anilines is 1. The number of hydrogen-bond acceptors (Lipinski definition) is 9. The fraction of sp³-hybridized carbons (Fsp3) is 0.303. The number of methoxy groups -OCH3 is 2. The van der Waals surface area contributed by atoms with Crippen LogP contribution in [-0.2, 0) is 25.4 Å². The van der Waals surface area contributed by atoms with Crippen molar-refractivity contribution in [1.82, 2.24) is 9.99 Å². The smallest absolute Gasteiger partial charge is 0.433 e. The van der Waals surface area contributed by atoms with Gasteiger partial charge in [0.05, 0.1) is 35.6 Å². The van der Waals surface area contributed by atoms with E-state index >= 15 is 0 Å². The van der Waals surface area contributed by atoms with Gasteiger partial charge in [-0.3, -0.25) is 24.2 Å². The summed E-state index contributed by atoms with van der Waals surface area (Å²) in [5.41, 5.74) is 0.374. The van der Waals surface area contributed by atoms with Crippen molar-refractivity contribution in [3.63, 3.8) is 0 Å². The molecular weight excluding hydrogens is 723 g/mol. The van der Waals surface area contributed by atoms with Crippen LogP contribution in [0.5, 0.6) is 17.2 Å². The summed E-state index contributed by atoms with van der Waals surface area (Å²) in [6.45, 7) is 0. The van der Waals surface area contributed by atoms with Crippen LogP contribution in [0, 0.1) is 23.7 Å². The van der Waals surface area contributed by atoms with Gasteiger partial charge < -0.3 is 14.6 Å². The van der Waals surface area contributed by atoms with Gasteiger partial charge in [-0.15, -0.1) is 0 Å². The number of hydrazine groups is 1. The third-order valence-corrected chi connectivity index (χ3v) is 9.95. The van der Waals surface area contributed by atoms with Crippen molar-refractivity contribution in [1.29, 1.82) is 0 Å². The highest BCUT2D eigenvalue weighted by Crippen LogP contribution is 2.53. The van der Waals surface area contributed by atoms with Crippen molar-refractivity contribution in [2.75, 3.05) is 26.3 Å². The van der Waals surface area contributed by atoms with Gasteiger partial charge in [0.25, 0.3) is 11.8 Å². The van der Waals surface area contributed by atoms with Gasteiger partial charge in [-0.05, 0) is 64.5 Å². The number of pyridine rings is 1. The van der Waals surface area contributed by atoms with Gasteiger partial charge >= 0.3 is 6.18 Å². The molecule has 1 fully saturated rings. The van der Waals surface area contributed by atoms with E-state index in [1.807, 2.05) is 0 Å². The van der Waals surface area contributed by atoms with Gasteiger partial charge in [0.2, 0.25) is 5.75 Å². The minimum Gasteiger partial charge on any atom is -0.502 e. The Kier molecular flexibility index (Phi) is 8.52. The number of hydrogen-bond donors (Lipinski definition) is 1. The number of fused-ring (bicyclic) bond motifs is 3. The van der Waals surface area contributed by atoms with E-state index in [1.54, 1.807) is 30.4 Å². The molecule has 2 aromatic rings. The molecule has 1 N–H and O–H groups in total. The zero-order valence-electron chi connectivity index (χ0n) is 25.5. The molecule has 0 saturated carbocycles. The highest BCUT2D eigenvalue weighted by atomic mass is 79.9. The minimum atomic E-state index is -4.80. The van der Waals surface area contributed by atoms with Crippen molar-refractivity contribution >= 4 is 62.8 Å². The monoisotopic (exact) mass is 747 g/mol. The first-order chi connectivity index (χ1) is 22.7. The Morgan fingerprint density at radius 2 is 1.75 bits per heavy atom. The first-order valence-electron chi connectivity index (χ1n) is 14.6. The van der Waals surface area contributed by atoms with Gasteiger partial charge in [0, 0.05) is 30.2 Å². The standard InChI is InChI=1S/C33H26BrClF3N3O7/c1-40(30-21(35)8-9-25(39-30)33(36,37)38)41-31(45)17-7-6-15-16(5-4-14-10-23(47-2)29(44)24(11-14)48-3)26-19(12-18(15)27(17)32(41)46)28(43)20(34)13-22(26)42/h4-6,8-11,13,16-18,27,44H,7,12H2,1-3H3/t16-,17-,18+,27-/m0/s1. The number of alkyl halides is 3. The lowest BCUT2D eigenvalue weighted by atomic mass is 9.61. The van der Waals surface area contributed by atoms with Crippen LogP contribution in [0.25, 0.3) is 6.08 Å². The number of carbonyl (C=O) groups excluding carboxylic acids is 4. The number of rotatable bonds is 6. The molecule has 3 aliphatic carbocycles. The van der Waals surface area contributed by atoms with Gasteiger partial charge in [-0.2, -0.15) is 18.2 Å². The molecule has 0 radical (unpaired) electrons. The molecule has 0 unspecified atom stereocenters. The zero-order chi connectivity index (χ0) is 34.8. The first kappa shape index (κ1) is 33.5. The van der Waals surface area contributed by atoms with Gasteiger partial charge in [0.1, 0.15) is 5.69 Å². The normalized spacial score (nSPS) is 24.0. The average Bonchev–Trinajstić information content (AvgIpc) is 3.30. The Morgan fingerprint density at radius 1 is 1.08 bits per heavy atom. The predicted molar refractivity (Wildman–Crippen MR) is 170 cm³/mol. The molecule has 0 spiro atoms. The maximum absolute atomic E-state index is 14.1. The number of Topliss-reactive ketones (excluding diaryl/α,β-unsaturated/α-hetero) is 1. The third-order valence-electron chi connectivity index (χ3n) is 9.06. The second-order valence-electron chi connectivity index (χ2n) is 11.6. The molecule has 15 heteroatoms. The van der Waals surface area contributed by atoms with Gasteiger partial charge in [-0.25, -0.2) is 4.98 Å². The molecule has 4 aliphatic rings. The highest BCUT2D eigenvalue weighted by Gasteiger charge is 2.57. The topological polar surface area (TPSA) is 126 Å². The number of ketones is 2. The number of aromatic hydroxyl groups is 1. The first-order valence-corrected chi connectivity index (χ1v) is 15.7. The fourth-order valence-corrected chi connectivity index (χ4v) is 7.57. The van der Waals surface area contributed by atoms with Gasteiger partial charge in [-0.1, -0.05) is 35.4 Å². The zero-order valence-corrected chi connectivity index (χ0v) is 27.8. The van der Waals surface area contributed by atoms with Crippen LogP contribution in [0.4, 0.5) is 19.0 Å². The summed E-state index contributed by atoms with van der Waals surface area (Å²) in [6.07, 6.45) is 1.65. The molecule has 1 aromatic heterocycles. The molecule has 10 nitrogen and oxygen atoms in total. The lowest BCUT2D eigenvalue weighted by Crippen LogP contribution is -2.46. The summed E-state index contributed by atoms with van der Waals surface area (Å²) in [5.74, 6) is -5.87. The van der Waals surface area contributed by atoms with Crippen molar-refractivity contribution in [2.45, 2.75) is 19.0 Å². The molecule has 48 heavy (non-hydrogen) atoms. The quantitative estimate of drug-likeness (QED) is 0.221. The SMILES string of the molecule is COc1cc(C=C[C@H]2C3=CC[C@@H]4C(=O)N(N(C)c5nc(C(F)(F)F)ccc5Cl)C(=O)[C@@H]4[C@@H]3CC3=C2C(=O)C=C(Br)C3=O)cc(OC)c1O. The summed E-state index contributed by atoms with van der Waals surface area (Å²) >= 11 is 9.37. The Bertz CT molecular complexity index is 1900. The molecule has 0 bridgehead atoms. The number of imide groups is 1. The number of phenols is 1. The molecule has 1 aromatic carbocycles. The minimum absolute atomic E-state index is 0.0137. The van der Waals surface area contributed by atoms with E-state index in [4.69, 9.17) is 21.1 Å². The second-order valence-corrected chi connectivity index (χ2v) is 12.8. The molecule has 1 aliphatic heterocycles. The second kappa shape index (κ2) is 12.2. The molecule has 2 heterocycles. The molecule has 2 amide bonds. The number of phenolic OH excluding ortho intramolecular Hbond substituents is 1. The van der Waals surface area contributed by atoms with E-state index in [9.17, 15) is 37.5 Å². The molecule has 6 rings (SSSR count). The molecule has 250 valence electrons. The number of amides is 2. The maximum atomic E-state index is 14.1. The van der Waals surface area contributed by atoms with E-state index < -0.39 is 64.7 Å². The molecular formula is C33H26BrClF3N3O7. The van der Waals surface area contributed by atoms with Crippen LogP contribution >= 0.6 is 27.5 Å². The third kappa shape index (κ3) is 5.40. The number of carbonyl (C=O) groups is 4. The highest BCUT2D eigenvalue weighted by molar-refractivity contribution is 9.12. The summed E-state index contributed by atoms with van der Waals surface area (Å²) < 4.78 is 51.0. The van der Waals surface area contributed by atoms with Crippen molar-refractivity contribution in [2.24, 2.45) is 23.7 Å². The number of benzene rings is 1. The van der Waals surface area contributed by atoms with Crippen LogP contribution in [0.15, 0.2) is 63.7 Å². The van der Waals surface area contributed by atoms with Crippen LogP contribution in [-0.4, -0.2) is 59.7 Å². The van der Waals surface area contributed by atoms with E-state index in [1.165, 1.54) is 27.3 Å². The molecule has 4 atom stereocenters. The Morgan fingerprint density at radius 3 is 2.38 bits per heavy atom. The summed E-state index contributed by atoms with van der Waals surface area (Å²) in [6, 6.07) is 4.80. The summed E-state index contributed by atoms with van der Waals surface area (Å²) in [5, 5.41) is 11.8. The average molecular weight is 749 g/mol. The lowest BCUT2D eigenvalue weighted by molar-refractivity contribution is -0.141. The van der Waals surface area contributed by atoms with Gasteiger partial charge in [0.15, 0.2) is 28.9 Å². The van der Waals surface area contributed by atoms with E-state index in [0.717, 1.165) is 16.1 Å². The van der Waals surface area contributed by atoms with Crippen LogP contribution in [0.3, 0.4) is 0 Å². The number of aromatic nitrogens is 1. The van der Waals surface area contributed by atoms with Crippen LogP contribution in [0.2, 0.25) is 5.02 Å². The van der Waals surface area contributed by atoms with Crippen molar-refractivity contribution in [3.8, 4) is 17.2 Å². The number of allylic oxidation sites excluding steroid dienone is 7. The lowest BCUT2D eigenvalue weighted by Gasteiger charge is -2.41. The maximum Gasteiger partial charge on any atom is 0.433 e. The Hall–Kier alpha value is -4.43. The predicted octanol–water partition coefficient (Wildman–Crippen LogP) is 5.84. The van der Waals surface area contributed by atoms with Crippen LogP contribution in [0.1, 0.15) is 24.1 Å². The van der Waals surface area contributed by atoms with Crippen LogP contribution < -0.4 is 14.5 Å². The van der Waals surface area contributed by atoms with Crippen molar-refractivity contribution < 1.29 is 46.9 Å². The van der Waals surface area contributed by atoms with Crippen molar-refractivity contribution in [3.05, 3.63) is 80.0 Å². The van der Waals surface area contributed by atoms with E-state index in [2.05, 4.69) is 20.9 Å². The summed E-state index contributed by atoms with van der Waals surface area (Å²) in [7, 11) is 3.98. The fourth-order valence-electron chi connectivity index (χ4n) is 6.89. The Labute approximate surface area is 285 Å². The largest absolute Gasteiger partial charge is 0.502 e. The van der Waals surface area contributed by atoms with E-state index in [-0.39, 0.29) is 50.7 Å². The summed E-state index contributed by atoms with van der Waals surface area (Å²) in [4.78, 5) is 58.3. The number of nitrogens with zero attached hydrogens (tertiary/aromatic N) is 3. The number of halogens is 5. The molecule has 1 saturated heterocycles.